The first kappa shape index (κ1) is 15.5. The molecule has 0 aliphatic heterocycles. The quantitative estimate of drug-likeness (QED) is 0.813. The van der Waals surface area contributed by atoms with E-state index in [1.165, 1.54) is 0 Å². The van der Waals surface area contributed by atoms with Crippen LogP contribution in [0.4, 0.5) is 8.78 Å². The highest BCUT2D eigenvalue weighted by atomic mass is 32.2. The molecule has 0 aliphatic carbocycles. The van der Waals surface area contributed by atoms with Crippen molar-refractivity contribution in [2.45, 2.75) is 18.2 Å². The number of halogens is 2. The summed E-state index contributed by atoms with van der Waals surface area (Å²) < 4.78 is 51.3. The Morgan fingerprint density at radius 1 is 1.32 bits per heavy atom. The average Bonchev–Trinajstić information content (AvgIpc) is 2.33. The van der Waals surface area contributed by atoms with Crippen molar-refractivity contribution in [2.75, 3.05) is 13.1 Å². The third-order valence-corrected chi connectivity index (χ3v) is 3.61. The normalized spacial score (nSPS) is 11.3. The van der Waals surface area contributed by atoms with Crippen molar-refractivity contribution in [3.8, 4) is 0 Å². The van der Waals surface area contributed by atoms with E-state index in [4.69, 9.17) is 0 Å². The van der Waals surface area contributed by atoms with Gasteiger partial charge in [0.25, 0.3) is 0 Å². The van der Waals surface area contributed by atoms with Crippen molar-refractivity contribution in [2.24, 2.45) is 0 Å². The van der Waals surface area contributed by atoms with E-state index >= 15 is 0 Å². The lowest BCUT2D eigenvalue weighted by Crippen LogP contribution is -2.37. The van der Waals surface area contributed by atoms with E-state index in [0.29, 0.717) is 19.0 Å². The topological polar surface area (TPSA) is 75.3 Å². The van der Waals surface area contributed by atoms with Gasteiger partial charge < -0.3 is 5.32 Å². The number of carbonyl (C=O) groups excluding carboxylic acids is 1. The van der Waals surface area contributed by atoms with Gasteiger partial charge in [-0.05, 0) is 18.6 Å². The van der Waals surface area contributed by atoms with Gasteiger partial charge in [-0.2, -0.15) is 0 Å². The number of benzene rings is 1. The molecule has 1 aromatic rings. The molecule has 8 heteroatoms. The summed E-state index contributed by atoms with van der Waals surface area (Å²) in [6.07, 6.45) is 0.713. The molecule has 1 rings (SSSR count). The minimum Gasteiger partial charge on any atom is -0.355 e. The second kappa shape index (κ2) is 6.58. The first-order valence-corrected chi connectivity index (χ1v) is 7.06. The van der Waals surface area contributed by atoms with Gasteiger partial charge in [0.15, 0.2) is 0 Å². The van der Waals surface area contributed by atoms with Gasteiger partial charge in [0, 0.05) is 12.6 Å². The molecule has 106 valence electrons. The molecule has 0 aliphatic rings. The summed E-state index contributed by atoms with van der Waals surface area (Å²) >= 11 is 0. The molecule has 1 aromatic carbocycles. The maximum Gasteiger partial charge on any atom is 0.243 e. The maximum absolute atomic E-state index is 13.3. The molecule has 0 atom stereocenters. The SMILES string of the molecule is CCCNC(=O)CNS(=O)(=O)c1ccc(F)cc1F. The molecular formula is C11H14F2N2O3S. The Morgan fingerprint density at radius 3 is 2.58 bits per heavy atom. The summed E-state index contributed by atoms with van der Waals surface area (Å²) in [4.78, 5) is 10.5. The molecule has 5 nitrogen and oxygen atoms in total. The van der Waals surface area contributed by atoms with Crippen LogP contribution in [0, 0.1) is 11.6 Å². The molecular weight excluding hydrogens is 278 g/mol. The number of hydrogen-bond donors (Lipinski definition) is 2. The fourth-order valence-corrected chi connectivity index (χ4v) is 2.30. The van der Waals surface area contributed by atoms with Crippen LogP contribution >= 0.6 is 0 Å². The highest BCUT2D eigenvalue weighted by Crippen LogP contribution is 2.14. The molecule has 0 heterocycles. The zero-order chi connectivity index (χ0) is 14.5. The van der Waals surface area contributed by atoms with Gasteiger partial charge in [0.05, 0.1) is 6.54 Å². The van der Waals surface area contributed by atoms with Gasteiger partial charge in [0.1, 0.15) is 16.5 Å². The van der Waals surface area contributed by atoms with E-state index in [2.05, 4.69) is 5.32 Å². The van der Waals surface area contributed by atoms with E-state index in [1.54, 1.807) is 0 Å². The Hall–Kier alpha value is -1.54. The van der Waals surface area contributed by atoms with Crippen LogP contribution in [0.1, 0.15) is 13.3 Å². The van der Waals surface area contributed by atoms with E-state index < -0.39 is 39.0 Å². The summed E-state index contributed by atoms with van der Waals surface area (Å²) in [6, 6.07) is 2.09. The van der Waals surface area contributed by atoms with Gasteiger partial charge in [-0.25, -0.2) is 21.9 Å². The smallest absolute Gasteiger partial charge is 0.243 e. The predicted molar refractivity (Wildman–Crippen MR) is 64.8 cm³/mol. The van der Waals surface area contributed by atoms with Crippen LogP contribution in [0.5, 0.6) is 0 Å². The number of nitrogens with one attached hydrogen (secondary N) is 2. The van der Waals surface area contributed by atoms with Crippen LogP contribution in [0.15, 0.2) is 23.1 Å². The number of carbonyl (C=O) groups is 1. The molecule has 0 aromatic heterocycles. The molecule has 0 saturated carbocycles. The summed E-state index contributed by atoms with van der Waals surface area (Å²) in [7, 11) is -4.18. The molecule has 19 heavy (non-hydrogen) atoms. The molecule has 0 bridgehead atoms. The predicted octanol–water partition coefficient (Wildman–Crippen LogP) is 0.769. The highest BCUT2D eigenvalue weighted by Gasteiger charge is 2.20. The Balaban J connectivity index is 2.73. The summed E-state index contributed by atoms with van der Waals surface area (Å²) in [5.74, 6) is -2.61. The van der Waals surface area contributed by atoms with Gasteiger partial charge >= 0.3 is 0 Å². The van der Waals surface area contributed by atoms with Crippen molar-refractivity contribution in [3.05, 3.63) is 29.8 Å². The Morgan fingerprint density at radius 2 is 2.00 bits per heavy atom. The fraction of sp³-hybridized carbons (Fsp3) is 0.364. The second-order valence-electron chi connectivity index (χ2n) is 3.75. The minimum atomic E-state index is -4.18. The lowest BCUT2D eigenvalue weighted by molar-refractivity contribution is -0.119. The van der Waals surface area contributed by atoms with Gasteiger partial charge in [-0.1, -0.05) is 6.92 Å². The third-order valence-electron chi connectivity index (χ3n) is 2.18. The van der Waals surface area contributed by atoms with E-state index in [-0.39, 0.29) is 0 Å². The van der Waals surface area contributed by atoms with Crippen LogP contribution in [-0.2, 0) is 14.8 Å². The van der Waals surface area contributed by atoms with Crippen LogP contribution in [0.2, 0.25) is 0 Å². The zero-order valence-corrected chi connectivity index (χ0v) is 11.1. The molecule has 0 unspecified atom stereocenters. The molecule has 2 N–H and O–H groups in total. The number of rotatable bonds is 6. The van der Waals surface area contributed by atoms with Crippen molar-refractivity contribution in [1.82, 2.24) is 10.0 Å². The minimum absolute atomic E-state index is 0.422. The molecule has 0 saturated heterocycles. The number of hydrogen-bond acceptors (Lipinski definition) is 3. The van der Waals surface area contributed by atoms with Crippen LogP contribution < -0.4 is 10.0 Å². The molecule has 0 fully saturated rings. The molecule has 0 radical (unpaired) electrons. The average molecular weight is 292 g/mol. The monoisotopic (exact) mass is 292 g/mol. The van der Waals surface area contributed by atoms with Gasteiger partial charge in [-0.3, -0.25) is 4.79 Å². The van der Waals surface area contributed by atoms with Gasteiger partial charge in [0.2, 0.25) is 15.9 Å². The van der Waals surface area contributed by atoms with Gasteiger partial charge in [-0.15, -0.1) is 0 Å². The van der Waals surface area contributed by atoms with E-state index in [0.717, 1.165) is 12.1 Å². The van der Waals surface area contributed by atoms with Crippen LogP contribution in [0.25, 0.3) is 0 Å². The first-order chi connectivity index (χ1) is 8.86. The van der Waals surface area contributed by atoms with Crippen molar-refractivity contribution < 1.29 is 22.0 Å². The van der Waals surface area contributed by atoms with Crippen LogP contribution in [0.3, 0.4) is 0 Å². The third kappa shape index (κ3) is 4.56. The highest BCUT2D eigenvalue weighted by molar-refractivity contribution is 7.89. The van der Waals surface area contributed by atoms with Crippen molar-refractivity contribution in [1.29, 1.82) is 0 Å². The van der Waals surface area contributed by atoms with E-state index in [9.17, 15) is 22.0 Å². The van der Waals surface area contributed by atoms with E-state index in [1.807, 2.05) is 11.6 Å². The van der Waals surface area contributed by atoms with Crippen molar-refractivity contribution in [3.63, 3.8) is 0 Å². The lowest BCUT2D eigenvalue weighted by atomic mass is 10.3. The largest absolute Gasteiger partial charge is 0.355 e. The number of amides is 1. The summed E-state index contributed by atoms with van der Waals surface area (Å²) in [6.45, 7) is 1.77. The Kier molecular flexibility index (Phi) is 5.37. The lowest BCUT2D eigenvalue weighted by Gasteiger charge is -2.08. The Bertz CT molecular complexity index is 561. The maximum atomic E-state index is 13.3. The standard InChI is InChI=1S/C11H14F2N2O3S/c1-2-5-14-11(16)7-15-19(17,18)10-4-3-8(12)6-9(10)13/h3-4,6,15H,2,5,7H2,1H3,(H,14,16). The fourth-order valence-electron chi connectivity index (χ4n) is 1.26. The zero-order valence-electron chi connectivity index (χ0n) is 10.2. The Labute approximate surface area is 110 Å². The summed E-state index contributed by atoms with van der Waals surface area (Å²) in [5.41, 5.74) is 0. The first-order valence-electron chi connectivity index (χ1n) is 5.58. The molecule has 0 spiro atoms. The number of sulfonamides is 1. The van der Waals surface area contributed by atoms with Crippen molar-refractivity contribution >= 4 is 15.9 Å². The second-order valence-corrected chi connectivity index (χ2v) is 5.48. The summed E-state index contributed by atoms with van der Waals surface area (Å²) in [5, 5.41) is 2.46. The molecule has 1 amide bonds. The van der Waals surface area contributed by atoms with Crippen LogP contribution in [-0.4, -0.2) is 27.4 Å².